The van der Waals surface area contributed by atoms with Crippen LogP contribution in [0.5, 0.6) is 0 Å². The number of nitrogens with zero attached hydrogens (tertiary/aromatic N) is 8. The SMILES string of the molecule is CN(C)P(=NP=PN=P(N(C)C)(N(C)C)N(C)C)(N(C)C)N(C)C. The highest BCUT2D eigenvalue weighted by Gasteiger charge is 2.29. The van der Waals surface area contributed by atoms with Crippen molar-refractivity contribution in [2.75, 3.05) is 84.6 Å². The molecule has 0 aliphatic carbocycles. The topological polar surface area (TPSA) is 44.2 Å². The van der Waals surface area contributed by atoms with Gasteiger partial charge in [-0.2, -0.15) is 9.03 Å². The van der Waals surface area contributed by atoms with Gasteiger partial charge in [-0.05, 0) is 84.6 Å². The predicted molar refractivity (Wildman–Crippen MR) is 115 cm³/mol. The van der Waals surface area contributed by atoms with Crippen molar-refractivity contribution >= 4 is 31.0 Å². The van der Waals surface area contributed by atoms with Gasteiger partial charge in [0.15, 0.2) is 15.0 Å². The monoisotopic (exact) mass is 416 g/mol. The van der Waals surface area contributed by atoms with Crippen LogP contribution in [-0.4, -0.2) is 113 Å². The average molecular weight is 416 g/mol. The molecule has 0 aromatic rings. The van der Waals surface area contributed by atoms with Crippen molar-refractivity contribution < 1.29 is 0 Å². The van der Waals surface area contributed by atoms with Gasteiger partial charge >= 0.3 is 0 Å². The number of hydrogen-bond acceptors (Lipinski definition) is 0. The van der Waals surface area contributed by atoms with Gasteiger partial charge in [-0.15, -0.1) is 0 Å². The minimum absolute atomic E-state index is 0.972. The van der Waals surface area contributed by atoms with Gasteiger partial charge in [0.1, 0.15) is 0 Å². The fraction of sp³-hybridized carbons (Fsp3) is 1.00. The Morgan fingerprint density at radius 1 is 0.417 bits per heavy atom. The molecule has 0 atom stereocenters. The Bertz CT molecular complexity index is 422. The second kappa shape index (κ2) is 10.2. The fourth-order valence-electron chi connectivity index (χ4n) is 2.77. The molecule has 144 valence electrons. The second-order valence-electron chi connectivity index (χ2n) is 6.51. The first-order valence-electron chi connectivity index (χ1n) is 7.57. The van der Waals surface area contributed by atoms with Gasteiger partial charge in [-0.25, -0.2) is 0 Å². The molecule has 0 aromatic carbocycles. The third-order valence-electron chi connectivity index (χ3n) is 3.58. The maximum Gasteiger partial charge on any atom is 0.175 e. The fourth-order valence-corrected chi connectivity index (χ4v) is 14.6. The molecule has 0 rings (SSSR count). The van der Waals surface area contributed by atoms with E-state index in [1.165, 1.54) is 0 Å². The molecule has 0 aliphatic rings. The molecule has 0 radical (unpaired) electrons. The minimum Gasteiger partial charge on any atom is -0.251 e. The molecule has 0 saturated heterocycles. The molecular formula is C12H36N8P4. The van der Waals surface area contributed by atoms with Crippen molar-refractivity contribution in [3.63, 3.8) is 0 Å². The van der Waals surface area contributed by atoms with Gasteiger partial charge in [0.05, 0.1) is 16.0 Å². The summed E-state index contributed by atoms with van der Waals surface area (Å²) in [6.07, 6.45) is 0. The van der Waals surface area contributed by atoms with Crippen molar-refractivity contribution in [3.05, 3.63) is 0 Å². The highest BCUT2D eigenvalue weighted by Crippen LogP contribution is 2.60. The average Bonchev–Trinajstić information content (AvgIpc) is 2.40. The van der Waals surface area contributed by atoms with E-state index < -0.39 is 15.0 Å². The van der Waals surface area contributed by atoms with Crippen LogP contribution >= 0.6 is 31.0 Å². The normalized spacial score (nSPS) is 14.2. The summed E-state index contributed by atoms with van der Waals surface area (Å²) in [6.45, 7) is 0. The van der Waals surface area contributed by atoms with Crippen LogP contribution in [0.2, 0.25) is 0 Å². The Hall–Kier alpha value is 0.820. The van der Waals surface area contributed by atoms with Gasteiger partial charge in [0, 0.05) is 0 Å². The molecule has 0 bridgehead atoms. The third kappa shape index (κ3) is 5.18. The molecule has 24 heavy (non-hydrogen) atoms. The van der Waals surface area contributed by atoms with E-state index in [0.717, 1.165) is 16.0 Å². The Morgan fingerprint density at radius 3 is 0.708 bits per heavy atom. The molecule has 0 spiro atoms. The van der Waals surface area contributed by atoms with Gasteiger partial charge < -0.3 is 0 Å². The van der Waals surface area contributed by atoms with Crippen LogP contribution in [0.15, 0.2) is 9.03 Å². The standard InChI is InChI=1S/C12H36N8P4/c1-15(2)23(16(3)4,17(5)6)13-21-22-14-24(18(7)8,19(9)10)20(11)12/h1-12H3. The maximum atomic E-state index is 5.05. The van der Waals surface area contributed by atoms with E-state index in [9.17, 15) is 0 Å². The zero-order valence-electron chi connectivity index (χ0n) is 17.4. The van der Waals surface area contributed by atoms with Crippen LogP contribution in [-0.2, 0) is 0 Å². The van der Waals surface area contributed by atoms with E-state index in [0.29, 0.717) is 0 Å². The summed E-state index contributed by atoms with van der Waals surface area (Å²) >= 11 is 0. The van der Waals surface area contributed by atoms with Gasteiger partial charge in [0.2, 0.25) is 0 Å². The summed E-state index contributed by atoms with van der Waals surface area (Å²) in [4.78, 5) is 0. The summed E-state index contributed by atoms with van der Waals surface area (Å²) < 4.78 is 23.4. The lowest BCUT2D eigenvalue weighted by Gasteiger charge is -2.40. The van der Waals surface area contributed by atoms with E-state index in [1.807, 2.05) is 0 Å². The summed E-state index contributed by atoms with van der Waals surface area (Å²) in [5.74, 6) is 0. The van der Waals surface area contributed by atoms with Crippen LogP contribution in [0, 0.1) is 0 Å². The quantitative estimate of drug-likeness (QED) is 0.560. The lowest BCUT2D eigenvalue weighted by molar-refractivity contribution is 0.475. The first kappa shape index (κ1) is 24.8. The van der Waals surface area contributed by atoms with E-state index in [4.69, 9.17) is 9.03 Å². The summed E-state index contributed by atoms with van der Waals surface area (Å²) in [6, 6.07) is 0. The van der Waals surface area contributed by atoms with E-state index in [1.54, 1.807) is 0 Å². The molecule has 0 amide bonds. The second-order valence-corrected chi connectivity index (χ2v) is 16.3. The van der Waals surface area contributed by atoms with Crippen molar-refractivity contribution in [2.24, 2.45) is 9.03 Å². The van der Waals surface area contributed by atoms with Crippen LogP contribution in [0.4, 0.5) is 0 Å². The largest absolute Gasteiger partial charge is 0.251 e. The number of hydrogen-bond donors (Lipinski definition) is 0. The molecule has 0 N–H and O–H groups in total. The van der Waals surface area contributed by atoms with Crippen LogP contribution < -0.4 is 0 Å². The molecule has 0 heterocycles. The summed E-state index contributed by atoms with van der Waals surface area (Å²) in [7, 11) is 23.4. The van der Waals surface area contributed by atoms with Crippen molar-refractivity contribution in [1.29, 1.82) is 0 Å². The van der Waals surface area contributed by atoms with Crippen molar-refractivity contribution in [1.82, 2.24) is 28.0 Å². The molecule has 0 aliphatic heterocycles. The first-order chi connectivity index (χ1) is 10.9. The Labute approximate surface area is 153 Å². The minimum atomic E-state index is -1.85. The summed E-state index contributed by atoms with van der Waals surface area (Å²) in [5, 5.41) is 0. The number of rotatable bonds is 8. The zero-order chi connectivity index (χ0) is 19.3. The lowest BCUT2D eigenvalue weighted by atomic mass is 11.2. The van der Waals surface area contributed by atoms with E-state index in [2.05, 4.69) is 113 Å². The highest BCUT2D eigenvalue weighted by atomic mass is 31.7. The molecule has 0 saturated carbocycles. The molecule has 8 nitrogen and oxygen atoms in total. The molecule has 0 unspecified atom stereocenters. The highest BCUT2D eigenvalue weighted by molar-refractivity contribution is 7.87. The van der Waals surface area contributed by atoms with Crippen LogP contribution in [0.3, 0.4) is 0 Å². The zero-order valence-corrected chi connectivity index (χ0v) is 20.9. The van der Waals surface area contributed by atoms with E-state index in [-0.39, 0.29) is 0 Å². The van der Waals surface area contributed by atoms with Gasteiger partial charge in [-0.1, -0.05) is 0 Å². The first-order valence-corrected chi connectivity index (χ1v) is 13.2. The van der Waals surface area contributed by atoms with Crippen LogP contribution in [0.1, 0.15) is 0 Å². The van der Waals surface area contributed by atoms with Gasteiger partial charge in [0.25, 0.3) is 0 Å². The van der Waals surface area contributed by atoms with Crippen molar-refractivity contribution in [2.45, 2.75) is 0 Å². The Balaban J connectivity index is 6.12. The van der Waals surface area contributed by atoms with Crippen molar-refractivity contribution in [3.8, 4) is 0 Å². The molecule has 12 heteroatoms. The molecule has 0 aromatic heterocycles. The Morgan fingerprint density at radius 2 is 0.583 bits per heavy atom. The lowest BCUT2D eigenvalue weighted by Crippen LogP contribution is -2.30. The maximum absolute atomic E-state index is 5.05. The summed E-state index contributed by atoms with van der Waals surface area (Å²) in [5.41, 5.74) is 0. The predicted octanol–water partition coefficient (Wildman–Crippen LogP) is 3.89. The molecular weight excluding hydrogens is 380 g/mol. The van der Waals surface area contributed by atoms with E-state index >= 15 is 0 Å². The third-order valence-corrected chi connectivity index (χ3v) is 14.3. The van der Waals surface area contributed by atoms with Gasteiger partial charge in [-0.3, -0.25) is 28.0 Å². The Kier molecular flexibility index (Phi) is 10.6. The smallest absolute Gasteiger partial charge is 0.175 e. The van der Waals surface area contributed by atoms with Crippen LogP contribution in [0.25, 0.3) is 0 Å². The molecule has 0 fully saturated rings.